The molecular formula is C66H90ClN7O18S. The van der Waals surface area contributed by atoms with Crippen LogP contribution in [0.25, 0.3) is 0 Å². The first-order chi connectivity index (χ1) is 43.9. The Morgan fingerprint density at radius 3 is 2.28 bits per heavy atom. The van der Waals surface area contributed by atoms with Gasteiger partial charge in [0.05, 0.1) is 73.5 Å². The lowest BCUT2D eigenvalue weighted by atomic mass is 9.78. The van der Waals surface area contributed by atoms with E-state index in [1.54, 1.807) is 52.1 Å². The number of Topliss-reactive ketones (excluding diaryl/α,β-unsaturated/α-hetero) is 1. The molecule has 2 aromatic rings. The van der Waals surface area contributed by atoms with Crippen LogP contribution in [0.15, 0.2) is 54.1 Å². The lowest BCUT2D eigenvalue weighted by molar-refractivity contribution is -0.198. The maximum absolute atomic E-state index is 14.5. The average molecular weight is 1340 g/mol. The first-order valence-corrected chi connectivity index (χ1v) is 32.1. The minimum absolute atomic E-state index is 0.00465. The van der Waals surface area contributed by atoms with Gasteiger partial charge in [0.15, 0.2) is 5.78 Å². The number of hydrogen-bond acceptors (Lipinski definition) is 19. The lowest BCUT2D eigenvalue weighted by Gasteiger charge is -2.41. The number of anilines is 1. The van der Waals surface area contributed by atoms with Gasteiger partial charge in [-0.2, -0.15) is 0 Å². The molecule has 27 heteroatoms. The molecule has 0 spiro atoms. The number of hydrogen-bond donors (Lipinski definition) is 5. The molecule has 93 heavy (non-hydrogen) atoms. The molecule has 25 nitrogen and oxygen atoms in total. The van der Waals surface area contributed by atoms with Crippen molar-refractivity contribution in [3.8, 4) is 0 Å². The van der Waals surface area contributed by atoms with Crippen LogP contribution in [-0.4, -0.2) is 188 Å². The maximum Gasteiger partial charge on any atom is 0.335 e. The fraction of sp³-hybridized carbons (Fsp3) is 0.591. The number of nitrogens with one attached hydrogen (secondary N) is 3. The summed E-state index contributed by atoms with van der Waals surface area (Å²) in [5.41, 5.74) is 6.62. The molecule has 0 unspecified atom stereocenters. The van der Waals surface area contributed by atoms with Crippen LogP contribution in [0.3, 0.4) is 0 Å². The van der Waals surface area contributed by atoms with Gasteiger partial charge in [0.2, 0.25) is 11.8 Å². The first kappa shape index (κ1) is 74.8. The summed E-state index contributed by atoms with van der Waals surface area (Å²) in [6.07, 6.45) is 1.69. The fourth-order valence-corrected chi connectivity index (χ4v) is 12.1. The zero-order chi connectivity index (χ0) is 68.6. The van der Waals surface area contributed by atoms with Crippen molar-refractivity contribution in [3.63, 3.8) is 0 Å². The summed E-state index contributed by atoms with van der Waals surface area (Å²) in [4.78, 5) is 139. The minimum Gasteiger partial charge on any atom is -0.462 e. The Hall–Kier alpha value is -7.20. The van der Waals surface area contributed by atoms with Crippen molar-refractivity contribution in [2.45, 2.75) is 174 Å². The van der Waals surface area contributed by atoms with Crippen LogP contribution in [0.2, 0.25) is 5.02 Å². The number of thiocarbonyl (C=S) groups is 1. The number of rotatable bonds is 27. The number of epoxide rings is 1. The van der Waals surface area contributed by atoms with E-state index in [1.807, 2.05) is 45.9 Å². The van der Waals surface area contributed by atoms with Gasteiger partial charge in [-0.1, -0.05) is 80.5 Å². The van der Waals surface area contributed by atoms with Gasteiger partial charge in [0.25, 0.3) is 17.7 Å². The number of carbonyl (C=O) groups is 10. The van der Waals surface area contributed by atoms with Crippen molar-refractivity contribution in [2.24, 2.45) is 23.5 Å². The number of imide groups is 1. The van der Waals surface area contributed by atoms with Gasteiger partial charge in [-0.25, -0.2) is 14.4 Å². The quantitative estimate of drug-likeness (QED) is 0.0248. The number of aliphatic hydroxyl groups is 1. The molecule has 4 aliphatic rings. The predicted molar refractivity (Wildman–Crippen MR) is 345 cm³/mol. The molecule has 510 valence electrons. The number of nitrogens with two attached hydrogens (primary N) is 1. The second kappa shape index (κ2) is 33.8. The van der Waals surface area contributed by atoms with Crippen LogP contribution < -0.4 is 26.6 Å². The van der Waals surface area contributed by atoms with E-state index in [2.05, 4.69) is 16.0 Å². The Morgan fingerprint density at radius 2 is 1.62 bits per heavy atom. The zero-order valence-corrected chi connectivity index (χ0v) is 56.5. The van der Waals surface area contributed by atoms with Crippen molar-refractivity contribution in [2.75, 3.05) is 65.6 Å². The molecule has 3 fully saturated rings. The largest absolute Gasteiger partial charge is 0.462 e. The summed E-state index contributed by atoms with van der Waals surface area (Å²) in [7, 11) is 4.47. The number of halogens is 1. The highest BCUT2D eigenvalue weighted by molar-refractivity contribution is 7.80. The van der Waals surface area contributed by atoms with Gasteiger partial charge in [-0.15, -0.1) is 5.06 Å². The van der Waals surface area contributed by atoms with Crippen molar-refractivity contribution >= 4 is 93.8 Å². The molecule has 0 saturated carbocycles. The van der Waals surface area contributed by atoms with Crippen molar-refractivity contribution in [3.05, 3.63) is 87.0 Å². The van der Waals surface area contributed by atoms with Crippen molar-refractivity contribution < 1.29 is 86.3 Å². The Morgan fingerprint density at radius 1 is 0.935 bits per heavy atom. The summed E-state index contributed by atoms with van der Waals surface area (Å²) >= 11 is 12.5. The van der Waals surface area contributed by atoms with Crippen LogP contribution in [0.5, 0.6) is 0 Å². The number of methoxy groups -OCH3 is 1. The zero-order valence-electron chi connectivity index (χ0n) is 54.9. The molecule has 6 rings (SSSR count). The van der Waals surface area contributed by atoms with Gasteiger partial charge < -0.3 is 69.8 Å². The van der Waals surface area contributed by atoms with E-state index in [0.29, 0.717) is 51.3 Å². The lowest BCUT2D eigenvalue weighted by Crippen LogP contribution is -2.53. The second-order valence-corrected chi connectivity index (χ2v) is 25.8. The SMILES string of the molecule is CO[C@@H]1/C=C/C=C(\C)Cc2cc(C)c(Cl)c(c2)N(C)C(=O)C[C@H](OC(=O)[C@H](C)N(C)C(=O)c2ccc(CC(=O)[C@H](CCCNC(N)=O)NC(=O)[C@@H](CC(=S)NCCOCCOCCC(=O)ON3C(=O)CCC3=O)C(C)C)c(C)c2)[C@]2(C)O[C@H]2[C@H](C)[C@@H]2C[C@@]1(O)CC(=O)O2. The number of ether oxygens (including phenoxy) is 6. The number of benzene rings is 2. The average Bonchev–Trinajstić information content (AvgIpc) is 1.59. The number of amides is 7. The third kappa shape index (κ3) is 20.4. The van der Waals surface area contributed by atoms with Crippen LogP contribution in [0, 0.1) is 31.6 Å². The number of esters is 2. The molecule has 7 amide bonds. The van der Waals surface area contributed by atoms with E-state index < -0.39 is 113 Å². The molecule has 3 saturated heterocycles. The van der Waals surface area contributed by atoms with Crippen LogP contribution in [-0.2, 0) is 84.5 Å². The summed E-state index contributed by atoms with van der Waals surface area (Å²) < 4.78 is 35.2. The highest BCUT2D eigenvalue weighted by Crippen LogP contribution is 2.50. The van der Waals surface area contributed by atoms with E-state index in [-0.39, 0.29) is 108 Å². The molecule has 0 aliphatic carbocycles. The summed E-state index contributed by atoms with van der Waals surface area (Å²) in [5.74, 6) is -6.60. The highest BCUT2D eigenvalue weighted by atomic mass is 35.5. The van der Waals surface area contributed by atoms with Crippen LogP contribution in [0.1, 0.15) is 132 Å². The first-order valence-electron chi connectivity index (χ1n) is 31.3. The Bertz CT molecular complexity index is 3180. The Kier molecular flexibility index (Phi) is 27.2. The third-order valence-electron chi connectivity index (χ3n) is 17.5. The van der Waals surface area contributed by atoms with Gasteiger partial charge >= 0.3 is 23.9 Å². The Labute approximate surface area is 553 Å². The highest BCUT2D eigenvalue weighted by Gasteiger charge is 2.64. The van der Waals surface area contributed by atoms with E-state index in [1.165, 1.54) is 36.9 Å². The minimum atomic E-state index is -1.65. The number of allylic oxidation sites excluding steroid dienone is 3. The van der Waals surface area contributed by atoms with E-state index in [9.17, 15) is 53.1 Å². The summed E-state index contributed by atoms with van der Waals surface area (Å²) in [5, 5.41) is 21.4. The molecule has 4 bridgehead atoms. The van der Waals surface area contributed by atoms with Crippen molar-refractivity contribution in [1.82, 2.24) is 25.9 Å². The standard InChI is InChI=1S/C66H90ClN7O18S/c1-37(2)46(33-53(93)69-23-25-88-27-26-87-24-21-57(79)92-74-54(76)19-20-55(74)77)61(81)71-47(15-13-22-70-64(68)84)49(75)32-44-17-18-45(30-39(44)4)62(82)72(9)42(7)63(83)90-52-34-56(78)73(10)48-31-43(29-40(5)59(48)67)28-38(3)14-12-16-51(86-11)66(85)35-50(89-58(80)36-66)41(6)60-65(52,8)91-60/h12,14,16-18,29-31,37,41-42,46-47,50-52,60,85H,13,15,19-28,32-36H2,1-11H3,(H,69,93)(H,71,81)(H3,68,70,84)/b16-12+,38-14+/t41-,42+,46+,47+,50+,51-,52+,60+,65+,66-/m1/s1. The number of urea groups is 1. The second-order valence-electron chi connectivity index (χ2n) is 24.9. The van der Waals surface area contributed by atoms with E-state index in [4.69, 9.17) is 62.8 Å². The molecule has 0 radical (unpaired) electrons. The van der Waals surface area contributed by atoms with Crippen LogP contribution in [0.4, 0.5) is 10.5 Å². The number of ketones is 1. The van der Waals surface area contributed by atoms with Gasteiger partial charge in [0.1, 0.15) is 35.6 Å². The number of likely N-dealkylation sites (N-methyl/N-ethyl adjacent to an activating group) is 1. The molecule has 0 aromatic heterocycles. The van der Waals surface area contributed by atoms with E-state index in [0.717, 1.165) is 16.7 Å². The predicted octanol–water partition coefficient (Wildman–Crippen LogP) is 5.34. The number of primary amides is 1. The smallest absolute Gasteiger partial charge is 0.335 e. The normalized spacial score (nSPS) is 24.3. The van der Waals surface area contributed by atoms with Crippen LogP contribution >= 0.6 is 23.8 Å². The van der Waals surface area contributed by atoms with E-state index >= 15 is 0 Å². The summed E-state index contributed by atoms with van der Waals surface area (Å²) in [6, 6.07) is 5.56. The third-order valence-corrected chi connectivity index (χ3v) is 18.3. The maximum atomic E-state index is 14.5. The molecule has 10 atom stereocenters. The monoisotopic (exact) mass is 1340 g/mol. The Balaban J connectivity index is 1.09. The van der Waals surface area contributed by atoms with Crippen molar-refractivity contribution in [1.29, 1.82) is 0 Å². The number of aryl methyl sites for hydroxylation is 2. The van der Waals surface area contributed by atoms with Gasteiger partial charge in [0, 0.05) is 83.8 Å². The molecule has 2 aromatic carbocycles. The number of fused-ring (bicyclic) bond motifs is 5. The molecular weight excluding hydrogens is 1250 g/mol. The summed E-state index contributed by atoms with van der Waals surface area (Å²) in [6.45, 7) is 15.2. The fourth-order valence-electron chi connectivity index (χ4n) is 11.6. The van der Waals surface area contributed by atoms with Gasteiger partial charge in [-0.05, 0) is 100 Å². The number of carbonyl (C=O) groups excluding carboxylic acids is 10. The topological polar surface area (TPSA) is 331 Å². The van der Waals surface area contributed by atoms with Gasteiger partial charge in [-0.3, -0.25) is 33.6 Å². The molecule has 4 aliphatic heterocycles. The number of hydroxylamine groups is 2. The molecule has 6 N–H and O–H groups in total. The number of nitrogens with zero attached hydrogens (tertiary/aromatic N) is 3. The molecule has 4 heterocycles.